The summed E-state index contributed by atoms with van der Waals surface area (Å²) in [5.41, 5.74) is 3.12. The van der Waals surface area contributed by atoms with Gasteiger partial charge in [-0.15, -0.1) is 0 Å². The van der Waals surface area contributed by atoms with Crippen LogP contribution in [-0.2, 0) is 6.54 Å². The van der Waals surface area contributed by atoms with Crippen molar-refractivity contribution in [1.82, 2.24) is 14.9 Å². The van der Waals surface area contributed by atoms with E-state index in [9.17, 15) is 4.79 Å². The summed E-state index contributed by atoms with van der Waals surface area (Å²) in [4.78, 5) is 11.4. The number of aromatic nitrogens is 3. The van der Waals surface area contributed by atoms with Crippen LogP contribution in [0.4, 0.5) is 0 Å². The summed E-state index contributed by atoms with van der Waals surface area (Å²) in [5, 5.41) is 8.37. The third-order valence-electron chi connectivity index (χ3n) is 3.27. The lowest BCUT2D eigenvalue weighted by Gasteiger charge is -1.95. The van der Waals surface area contributed by atoms with Gasteiger partial charge in [-0.1, -0.05) is 35.5 Å². The van der Waals surface area contributed by atoms with Gasteiger partial charge in [-0.2, -0.15) is 5.10 Å². The van der Waals surface area contributed by atoms with Crippen molar-refractivity contribution in [2.45, 2.75) is 20.4 Å². The van der Waals surface area contributed by atoms with Crippen LogP contribution in [0.2, 0.25) is 0 Å². The van der Waals surface area contributed by atoms with Crippen LogP contribution in [0.3, 0.4) is 0 Å². The van der Waals surface area contributed by atoms with E-state index in [0.717, 1.165) is 22.7 Å². The van der Waals surface area contributed by atoms with Gasteiger partial charge >= 0.3 is 0 Å². The average Bonchev–Trinajstić information content (AvgIpc) is 3.07. The van der Waals surface area contributed by atoms with E-state index < -0.39 is 0 Å². The highest BCUT2D eigenvalue weighted by Crippen LogP contribution is 2.20. The molecule has 0 spiro atoms. The summed E-state index contributed by atoms with van der Waals surface area (Å²) in [6, 6.07) is 11.7. The Balaban J connectivity index is 1.82. The molecule has 3 rings (SSSR count). The van der Waals surface area contributed by atoms with Crippen molar-refractivity contribution >= 4 is 5.78 Å². The quantitative estimate of drug-likeness (QED) is 0.689. The molecule has 0 aliphatic rings. The summed E-state index contributed by atoms with van der Waals surface area (Å²) in [7, 11) is 0. The second-order valence-corrected chi connectivity index (χ2v) is 4.93. The van der Waals surface area contributed by atoms with Crippen molar-refractivity contribution in [2.24, 2.45) is 0 Å². The van der Waals surface area contributed by atoms with Crippen LogP contribution in [0.15, 0.2) is 47.1 Å². The smallest absolute Gasteiger partial charge is 0.167 e. The number of carbonyl (C=O) groups excluding carboxylic acids is 1. The molecule has 0 saturated heterocycles. The number of rotatable bonds is 4. The van der Waals surface area contributed by atoms with E-state index in [2.05, 4.69) is 10.3 Å². The summed E-state index contributed by atoms with van der Waals surface area (Å²) in [5.74, 6) is 0.741. The molecule has 5 heteroatoms. The number of hydrogen-bond donors (Lipinski definition) is 0. The van der Waals surface area contributed by atoms with E-state index in [1.165, 1.54) is 6.92 Å². The maximum atomic E-state index is 11.4. The third-order valence-corrected chi connectivity index (χ3v) is 3.27. The summed E-state index contributed by atoms with van der Waals surface area (Å²) in [6.45, 7) is 3.84. The van der Waals surface area contributed by atoms with Gasteiger partial charge < -0.3 is 4.52 Å². The minimum absolute atomic E-state index is 0.0175. The molecule has 0 aliphatic heterocycles. The zero-order valence-electron chi connectivity index (χ0n) is 11.9. The van der Waals surface area contributed by atoms with Gasteiger partial charge in [0.25, 0.3) is 0 Å². The van der Waals surface area contributed by atoms with Gasteiger partial charge in [-0.25, -0.2) is 0 Å². The summed E-state index contributed by atoms with van der Waals surface area (Å²) >= 11 is 0. The topological polar surface area (TPSA) is 60.9 Å². The van der Waals surface area contributed by atoms with E-state index in [4.69, 9.17) is 4.52 Å². The van der Waals surface area contributed by atoms with E-state index in [-0.39, 0.29) is 5.78 Å². The molecule has 0 radical (unpaired) electrons. The lowest BCUT2D eigenvalue weighted by Crippen LogP contribution is -2.00. The van der Waals surface area contributed by atoms with Crippen LogP contribution in [0.5, 0.6) is 0 Å². The van der Waals surface area contributed by atoms with Crippen LogP contribution in [0.1, 0.15) is 28.7 Å². The van der Waals surface area contributed by atoms with E-state index in [1.807, 2.05) is 43.3 Å². The molecule has 0 N–H and O–H groups in total. The van der Waals surface area contributed by atoms with Gasteiger partial charge in [0.2, 0.25) is 0 Å². The van der Waals surface area contributed by atoms with Crippen LogP contribution >= 0.6 is 0 Å². The molecule has 0 atom stereocenters. The van der Waals surface area contributed by atoms with Crippen molar-refractivity contribution in [3.8, 4) is 11.3 Å². The monoisotopic (exact) mass is 281 g/mol. The lowest BCUT2D eigenvalue weighted by molar-refractivity contribution is 0.101. The first kappa shape index (κ1) is 13.3. The third kappa shape index (κ3) is 2.76. The Labute approximate surface area is 122 Å². The predicted octanol–water partition coefficient (Wildman–Crippen LogP) is 3.10. The molecule has 106 valence electrons. The summed E-state index contributed by atoms with van der Waals surface area (Å²) < 4.78 is 7.06. The Hall–Kier alpha value is -2.69. The molecule has 21 heavy (non-hydrogen) atoms. The Morgan fingerprint density at radius 1 is 1.29 bits per heavy atom. The van der Waals surface area contributed by atoms with E-state index in [0.29, 0.717) is 12.1 Å². The zero-order chi connectivity index (χ0) is 14.8. The van der Waals surface area contributed by atoms with E-state index >= 15 is 0 Å². The fourth-order valence-corrected chi connectivity index (χ4v) is 2.24. The Bertz CT molecular complexity index is 772. The molecule has 2 aromatic heterocycles. The Morgan fingerprint density at radius 2 is 2.05 bits per heavy atom. The van der Waals surface area contributed by atoms with Crippen molar-refractivity contribution in [2.75, 3.05) is 0 Å². The first-order chi connectivity index (χ1) is 10.1. The molecule has 1 aromatic carbocycles. The number of nitrogens with zero attached hydrogens (tertiary/aromatic N) is 3. The van der Waals surface area contributed by atoms with Gasteiger partial charge in [-0.3, -0.25) is 9.48 Å². The van der Waals surface area contributed by atoms with Gasteiger partial charge in [0, 0.05) is 17.8 Å². The molecule has 0 saturated carbocycles. The first-order valence-corrected chi connectivity index (χ1v) is 6.69. The molecule has 0 amide bonds. The van der Waals surface area contributed by atoms with Crippen LogP contribution in [0.25, 0.3) is 11.3 Å². The molecule has 5 nitrogen and oxygen atoms in total. The molecule has 3 aromatic rings. The second kappa shape index (κ2) is 5.36. The van der Waals surface area contributed by atoms with Crippen LogP contribution < -0.4 is 0 Å². The minimum atomic E-state index is 0.0175. The first-order valence-electron chi connectivity index (χ1n) is 6.69. The predicted molar refractivity (Wildman–Crippen MR) is 78.0 cm³/mol. The highest BCUT2D eigenvalue weighted by molar-refractivity contribution is 5.94. The maximum absolute atomic E-state index is 11.4. The highest BCUT2D eigenvalue weighted by Gasteiger charge is 2.11. The molecule has 2 heterocycles. The molecule has 0 aliphatic carbocycles. The molecular weight excluding hydrogens is 266 g/mol. The molecule has 0 bridgehead atoms. The Morgan fingerprint density at radius 3 is 2.71 bits per heavy atom. The SMILES string of the molecule is CC(=O)c1cn(Cc2cc(-c3ccccc3)on2)nc1C. The second-order valence-electron chi connectivity index (χ2n) is 4.93. The van der Waals surface area contributed by atoms with Crippen LogP contribution in [0, 0.1) is 6.92 Å². The van der Waals surface area contributed by atoms with Crippen molar-refractivity contribution in [3.05, 3.63) is 59.5 Å². The number of benzene rings is 1. The van der Waals surface area contributed by atoms with Crippen molar-refractivity contribution in [1.29, 1.82) is 0 Å². The van der Waals surface area contributed by atoms with Gasteiger partial charge in [0.1, 0.15) is 5.69 Å². The number of Topliss-reactive ketones (excluding diaryl/α,β-unsaturated/α-hetero) is 1. The number of carbonyl (C=O) groups is 1. The van der Waals surface area contributed by atoms with Gasteiger partial charge in [0.05, 0.1) is 17.8 Å². The maximum Gasteiger partial charge on any atom is 0.167 e. The number of aryl methyl sites for hydroxylation is 1. The number of hydrogen-bond acceptors (Lipinski definition) is 4. The fraction of sp³-hybridized carbons (Fsp3) is 0.188. The number of ketones is 1. The fourth-order valence-electron chi connectivity index (χ4n) is 2.24. The van der Waals surface area contributed by atoms with Gasteiger partial charge in [-0.05, 0) is 13.8 Å². The standard InChI is InChI=1S/C16H15N3O2/c1-11-15(12(2)20)10-19(17-11)9-14-8-16(21-18-14)13-6-4-3-5-7-13/h3-8,10H,9H2,1-2H3. The zero-order valence-corrected chi connectivity index (χ0v) is 11.9. The molecule has 0 fully saturated rings. The van der Waals surface area contributed by atoms with Crippen molar-refractivity contribution in [3.63, 3.8) is 0 Å². The minimum Gasteiger partial charge on any atom is -0.356 e. The van der Waals surface area contributed by atoms with E-state index in [1.54, 1.807) is 10.9 Å². The summed E-state index contributed by atoms with van der Waals surface area (Å²) in [6.07, 6.45) is 1.74. The van der Waals surface area contributed by atoms with Crippen molar-refractivity contribution < 1.29 is 9.32 Å². The normalized spacial score (nSPS) is 10.8. The lowest BCUT2D eigenvalue weighted by atomic mass is 10.2. The highest BCUT2D eigenvalue weighted by atomic mass is 16.5. The Kier molecular flexibility index (Phi) is 3.39. The molecule has 0 unspecified atom stereocenters. The largest absolute Gasteiger partial charge is 0.356 e. The molecular formula is C16H15N3O2. The van der Waals surface area contributed by atoms with Crippen LogP contribution in [-0.4, -0.2) is 20.7 Å². The average molecular weight is 281 g/mol. The van der Waals surface area contributed by atoms with Gasteiger partial charge in [0.15, 0.2) is 11.5 Å².